The molecule has 1 heterocycles. The lowest BCUT2D eigenvalue weighted by Gasteiger charge is -2.05. The second-order valence-corrected chi connectivity index (χ2v) is 4.57. The quantitative estimate of drug-likeness (QED) is 0.837. The minimum Gasteiger partial charge on any atom is -0.464 e. The first-order valence-corrected chi connectivity index (χ1v) is 5.99. The highest BCUT2D eigenvalue weighted by Crippen LogP contribution is 2.23. The third-order valence-corrected chi connectivity index (χ3v) is 3.00. The van der Waals surface area contributed by atoms with Crippen molar-refractivity contribution in [3.63, 3.8) is 0 Å². The van der Waals surface area contributed by atoms with E-state index in [2.05, 4.69) is 47.8 Å². The molecular weight excluding hydrogens is 226 g/mol. The summed E-state index contributed by atoms with van der Waals surface area (Å²) in [5.74, 6) is 0.177. The maximum Gasteiger partial charge on any atom is 0.354 e. The highest BCUT2D eigenvalue weighted by Gasteiger charge is 2.09. The van der Waals surface area contributed by atoms with Gasteiger partial charge < -0.3 is 9.72 Å². The number of aromatic amines is 1. The summed E-state index contributed by atoms with van der Waals surface area (Å²) in [6.45, 7) is 4.33. The average Bonchev–Trinajstić information content (AvgIpc) is 2.87. The Morgan fingerprint density at radius 3 is 2.39 bits per heavy atom. The number of rotatable bonds is 3. The number of H-pyrrole nitrogens is 1. The Hall–Kier alpha value is -2.03. The number of ether oxygens (including phenoxy) is 1. The Morgan fingerprint density at radius 1 is 1.17 bits per heavy atom. The van der Waals surface area contributed by atoms with Crippen molar-refractivity contribution in [3.8, 4) is 11.1 Å². The highest BCUT2D eigenvalue weighted by molar-refractivity contribution is 5.89. The topological polar surface area (TPSA) is 42.1 Å². The molecule has 0 bridgehead atoms. The fourth-order valence-corrected chi connectivity index (χ4v) is 1.85. The van der Waals surface area contributed by atoms with E-state index < -0.39 is 0 Å². The Balaban J connectivity index is 2.26. The predicted octanol–water partition coefficient (Wildman–Crippen LogP) is 3.59. The molecule has 0 amide bonds. The molecule has 0 fully saturated rings. The van der Waals surface area contributed by atoms with Crippen molar-refractivity contribution in [2.24, 2.45) is 0 Å². The molecule has 2 rings (SSSR count). The van der Waals surface area contributed by atoms with Crippen LogP contribution in [-0.2, 0) is 4.74 Å². The fourth-order valence-electron chi connectivity index (χ4n) is 1.85. The summed E-state index contributed by atoms with van der Waals surface area (Å²) < 4.78 is 4.67. The van der Waals surface area contributed by atoms with Gasteiger partial charge in [0, 0.05) is 6.20 Å². The van der Waals surface area contributed by atoms with Crippen molar-refractivity contribution >= 4 is 5.97 Å². The lowest BCUT2D eigenvalue weighted by molar-refractivity contribution is 0.0595. The third kappa shape index (κ3) is 2.45. The van der Waals surface area contributed by atoms with Crippen molar-refractivity contribution in [2.75, 3.05) is 7.11 Å². The molecule has 94 valence electrons. The molecule has 0 aliphatic rings. The van der Waals surface area contributed by atoms with Crippen LogP contribution in [0, 0.1) is 0 Å². The summed E-state index contributed by atoms with van der Waals surface area (Å²) in [4.78, 5) is 14.3. The van der Waals surface area contributed by atoms with Gasteiger partial charge in [0.2, 0.25) is 0 Å². The van der Waals surface area contributed by atoms with Crippen LogP contribution < -0.4 is 0 Å². The van der Waals surface area contributed by atoms with E-state index in [1.165, 1.54) is 12.7 Å². The van der Waals surface area contributed by atoms with Crippen LogP contribution in [0.3, 0.4) is 0 Å². The molecule has 0 saturated heterocycles. The summed E-state index contributed by atoms with van der Waals surface area (Å²) in [6, 6.07) is 10.2. The molecule has 3 nitrogen and oxygen atoms in total. The van der Waals surface area contributed by atoms with E-state index in [-0.39, 0.29) is 5.97 Å². The van der Waals surface area contributed by atoms with Gasteiger partial charge in [0.1, 0.15) is 5.69 Å². The van der Waals surface area contributed by atoms with Crippen LogP contribution in [0.4, 0.5) is 0 Å². The summed E-state index contributed by atoms with van der Waals surface area (Å²) in [5, 5.41) is 0. The van der Waals surface area contributed by atoms with Crippen molar-refractivity contribution in [1.29, 1.82) is 0 Å². The van der Waals surface area contributed by atoms with Gasteiger partial charge in [0.15, 0.2) is 0 Å². The van der Waals surface area contributed by atoms with Gasteiger partial charge in [0.05, 0.1) is 7.11 Å². The molecule has 3 heteroatoms. The van der Waals surface area contributed by atoms with E-state index in [1.807, 2.05) is 6.20 Å². The number of hydrogen-bond donors (Lipinski definition) is 1. The zero-order valence-corrected chi connectivity index (χ0v) is 10.9. The van der Waals surface area contributed by atoms with E-state index in [4.69, 9.17) is 0 Å². The van der Waals surface area contributed by atoms with E-state index >= 15 is 0 Å². The molecule has 2 aromatic rings. The summed E-state index contributed by atoms with van der Waals surface area (Å²) >= 11 is 0. The highest BCUT2D eigenvalue weighted by atomic mass is 16.5. The van der Waals surface area contributed by atoms with Crippen LogP contribution >= 0.6 is 0 Å². The van der Waals surface area contributed by atoms with Crippen LogP contribution in [0.15, 0.2) is 36.5 Å². The van der Waals surface area contributed by atoms with Gasteiger partial charge >= 0.3 is 5.97 Å². The number of carbonyl (C=O) groups excluding carboxylic acids is 1. The molecule has 1 aromatic carbocycles. The van der Waals surface area contributed by atoms with Gasteiger partial charge in [-0.25, -0.2) is 4.79 Å². The lowest BCUT2D eigenvalue weighted by atomic mass is 10.00. The molecule has 0 radical (unpaired) electrons. The summed E-state index contributed by atoms with van der Waals surface area (Å²) in [6.07, 6.45) is 1.82. The number of benzene rings is 1. The molecule has 18 heavy (non-hydrogen) atoms. The zero-order valence-electron chi connectivity index (χ0n) is 10.9. The van der Waals surface area contributed by atoms with E-state index in [9.17, 15) is 4.79 Å². The molecule has 0 spiro atoms. The number of aromatic nitrogens is 1. The normalized spacial score (nSPS) is 10.7. The maximum atomic E-state index is 11.3. The number of esters is 1. The number of nitrogens with one attached hydrogen (secondary N) is 1. The van der Waals surface area contributed by atoms with Gasteiger partial charge in [-0.05, 0) is 28.7 Å². The smallest absolute Gasteiger partial charge is 0.354 e. The molecule has 0 unspecified atom stereocenters. The van der Waals surface area contributed by atoms with Crippen LogP contribution in [0.5, 0.6) is 0 Å². The molecular formula is C15H17NO2. The van der Waals surface area contributed by atoms with E-state index in [0.717, 1.165) is 11.1 Å². The first-order valence-electron chi connectivity index (χ1n) is 5.99. The van der Waals surface area contributed by atoms with E-state index in [1.54, 1.807) is 6.07 Å². The fraction of sp³-hybridized carbons (Fsp3) is 0.267. The average molecular weight is 243 g/mol. The van der Waals surface area contributed by atoms with Gasteiger partial charge in [-0.1, -0.05) is 38.1 Å². The van der Waals surface area contributed by atoms with Gasteiger partial charge in [-0.15, -0.1) is 0 Å². The number of methoxy groups -OCH3 is 1. The zero-order chi connectivity index (χ0) is 13.1. The minimum atomic E-state index is -0.347. The van der Waals surface area contributed by atoms with Crippen molar-refractivity contribution in [2.45, 2.75) is 19.8 Å². The standard InChI is InChI=1S/C15H17NO2/c1-10(2)11-4-6-12(7-5-11)13-8-14(16-9-13)15(17)18-3/h4-10,16H,1-3H3. The first kappa shape index (κ1) is 12.4. The van der Waals surface area contributed by atoms with Crippen LogP contribution in [0.25, 0.3) is 11.1 Å². The lowest BCUT2D eigenvalue weighted by Crippen LogP contribution is -2.00. The molecule has 0 aliphatic carbocycles. The summed E-state index contributed by atoms with van der Waals surface area (Å²) in [7, 11) is 1.38. The third-order valence-electron chi connectivity index (χ3n) is 3.00. The second-order valence-electron chi connectivity index (χ2n) is 4.57. The number of carbonyl (C=O) groups is 1. The first-order chi connectivity index (χ1) is 8.61. The Labute approximate surface area is 107 Å². The Bertz CT molecular complexity index is 538. The van der Waals surface area contributed by atoms with Gasteiger partial charge in [-0.3, -0.25) is 0 Å². The molecule has 0 atom stereocenters. The van der Waals surface area contributed by atoms with Gasteiger partial charge in [-0.2, -0.15) is 0 Å². The van der Waals surface area contributed by atoms with E-state index in [0.29, 0.717) is 11.6 Å². The molecule has 0 saturated carbocycles. The van der Waals surface area contributed by atoms with Crippen molar-refractivity contribution in [3.05, 3.63) is 47.8 Å². The maximum absolute atomic E-state index is 11.3. The molecule has 0 aliphatic heterocycles. The van der Waals surface area contributed by atoms with Crippen LogP contribution in [-0.4, -0.2) is 18.1 Å². The van der Waals surface area contributed by atoms with Crippen LogP contribution in [0.2, 0.25) is 0 Å². The van der Waals surface area contributed by atoms with Gasteiger partial charge in [0.25, 0.3) is 0 Å². The SMILES string of the molecule is COC(=O)c1cc(-c2ccc(C(C)C)cc2)c[nH]1. The Morgan fingerprint density at radius 2 is 1.83 bits per heavy atom. The monoisotopic (exact) mass is 243 g/mol. The van der Waals surface area contributed by atoms with Crippen molar-refractivity contribution < 1.29 is 9.53 Å². The molecule has 1 aromatic heterocycles. The minimum absolute atomic E-state index is 0.347. The second kappa shape index (κ2) is 5.08. The Kier molecular flexibility index (Phi) is 3.51. The summed E-state index contributed by atoms with van der Waals surface area (Å²) in [5.41, 5.74) is 3.86. The van der Waals surface area contributed by atoms with Crippen molar-refractivity contribution in [1.82, 2.24) is 4.98 Å². The number of hydrogen-bond acceptors (Lipinski definition) is 2. The predicted molar refractivity (Wildman–Crippen MR) is 71.7 cm³/mol. The molecule has 1 N–H and O–H groups in total. The van der Waals surface area contributed by atoms with Crippen LogP contribution in [0.1, 0.15) is 35.8 Å². The largest absolute Gasteiger partial charge is 0.464 e.